The summed E-state index contributed by atoms with van der Waals surface area (Å²) in [6.07, 6.45) is 3.27. The highest BCUT2D eigenvalue weighted by atomic mass is 35.5. The number of nitrogens with zero attached hydrogens (tertiary/aromatic N) is 3. The number of carbonyl (C=O) groups excluding carboxylic acids is 1. The van der Waals surface area contributed by atoms with Gasteiger partial charge in [-0.1, -0.05) is 53.5 Å². The van der Waals surface area contributed by atoms with Crippen LogP contribution in [0.15, 0.2) is 59.1 Å². The van der Waals surface area contributed by atoms with Gasteiger partial charge in [0, 0.05) is 28.9 Å². The lowest BCUT2D eigenvalue weighted by molar-refractivity contribution is 0.123. The Morgan fingerprint density at radius 3 is 2.87 bits per heavy atom. The molecule has 1 fully saturated rings. The number of amides is 2. The number of rotatable bonds is 6. The van der Waals surface area contributed by atoms with Gasteiger partial charge in [0.1, 0.15) is 0 Å². The van der Waals surface area contributed by atoms with Crippen molar-refractivity contribution in [3.05, 3.63) is 65.5 Å². The summed E-state index contributed by atoms with van der Waals surface area (Å²) < 4.78 is 5.47. The van der Waals surface area contributed by atoms with Crippen molar-refractivity contribution in [2.24, 2.45) is 0 Å². The second-order valence-corrected chi connectivity index (χ2v) is 7.78. The largest absolute Gasteiger partial charge is 0.338 e. The Morgan fingerprint density at radius 2 is 2.03 bits per heavy atom. The molecular weight excluding hydrogens is 402 g/mol. The zero-order valence-corrected chi connectivity index (χ0v) is 17.3. The topological polar surface area (TPSA) is 83.3 Å². The van der Waals surface area contributed by atoms with Gasteiger partial charge in [0.15, 0.2) is 0 Å². The quantitative estimate of drug-likeness (QED) is 0.604. The summed E-state index contributed by atoms with van der Waals surface area (Å²) in [4.78, 5) is 19.0. The summed E-state index contributed by atoms with van der Waals surface area (Å²) in [7, 11) is 0. The summed E-state index contributed by atoms with van der Waals surface area (Å²) in [5.74, 6) is 1.09. The minimum Gasteiger partial charge on any atom is -0.338 e. The number of likely N-dealkylation sites (tertiary alicyclic amines) is 1. The predicted molar refractivity (Wildman–Crippen MR) is 116 cm³/mol. The van der Waals surface area contributed by atoms with Crippen LogP contribution in [0, 0.1) is 0 Å². The predicted octanol–water partition coefficient (Wildman–Crippen LogP) is 4.57. The van der Waals surface area contributed by atoms with Gasteiger partial charge < -0.3 is 15.2 Å². The Balaban J connectivity index is 1.34. The number of hydrogen-bond donors (Lipinski definition) is 2. The molecule has 2 aromatic carbocycles. The minimum absolute atomic E-state index is 0.201. The summed E-state index contributed by atoms with van der Waals surface area (Å²) in [6, 6.07) is 16.8. The fraction of sp³-hybridized carbons (Fsp3) is 0.318. The van der Waals surface area contributed by atoms with Crippen LogP contribution in [-0.2, 0) is 6.54 Å². The van der Waals surface area contributed by atoms with E-state index in [9.17, 15) is 4.79 Å². The highest BCUT2D eigenvalue weighted by Crippen LogP contribution is 2.22. The van der Waals surface area contributed by atoms with Crippen molar-refractivity contribution in [2.45, 2.75) is 31.8 Å². The molecule has 0 unspecified atom stereocenters. The van der Waals surface area contributed by atoms with Crippen molar-refractivity contribution in [1.29, 1.82) is 0 Å². The van der Waals surface area contributed by atoms with Crippen molar-refractivity contribution in [2.75, 3.05) is 18.4 Å². The molecule has 4 rings (SSSR count). The van der Waals surface area contributed by atoms with Crippen molar-refractivity contribution < 1.29 is 9.32 Å². The van der Waals surface area contributed by atoms with Crippen molar-refractivity contribution in [3.63, 3.8) is 0 Å². The molecule has 7 nitrogen and oxygen atoms in total. The number of aromatic nitrogens is 2. The fourth-order valence-corrected chi connectivity index (χ4v) is 3.83. The molecule has 0 spiro atoms. The van der Waals surface area contributed by atoms with E-state index in [4.69, 9.17) is 16.1 Å². The molecule has 30 heavy (non-hydrogen) atoms. The van der Waals surface area contributed by atoms with Crippen molar-refractivity contribution in [3.8, 4) is 11.4 Å². The molecule has 2 heterocycles. The number of hydrogen-bond acceptors (Lipinski definition) is 5. The fourth-order valence-electron chi connectivity index (χ4n) is 3.64. The van der Waals surface area contributed by atoms with Crippen molar-refractivity contribution >= 4 is 23.3 Å². The molecule has 1 atom stereocenters. The van der Waals surface area contributed by atoms with Crippen LogP contribution < -0.4 is 10.6 Å². The number of nitrogens with one attached hydrogen (secondary N) is 2. The van der Waals surface area contributed by atoms with Crippen LogP contribution in [0.1, 0.15) is 25.2 Å². The van der Waals surface area contributed by atoms with Gasteiger partial charge in [-0.3, -0.25) is 4.90 Å². The summed E-state index contributed by atoms with van der Waals surface area (Å²) in [5.41, 5.74) is 1.60. The monoisotopic (exact) mass is 425 g/mol. The lowest BCUT2D eigenvalue weighted by atomic mass is 10.0. The average Bonchev–Trinajstić information content (AvgIpc) is 3.22. The first-order chi connectivity index (χ1) is 14.7. The van der Waals surface area contributed by atoms with E-state index in [0.717, 1.165) is 37.1 Å². The molecule has 0 bridgehead atoms. The van der Waals surface area contributed by atoms with E-state index in [1.807, 2.05) is 54.6 Å². The molecule has 1 aromatic heterocycles. The lowest BCUT2D eigenvalue weighted by Gasteiger charge is -2.34. The van der Waals surface area contributed by atoms with E-state index in [1.54, 1.807) is 0 Å². The number of halogens is 1. The van der Waals surface area contributed by atoms with Gasteiger partial charge in [0.25, 0.3) is 0 Å². The van der Waals surface area contributed by atoms with Gasteiger partial charge in [-0.25, -0.2) is 4.79 Å². The first kappa shape index (κ1) is 20.4. The van der Waals surface area contributed by atoms with E-state index in [1.165, 1.54) is 0 Å². The molecule has 2 amide bonds. The third kappa shape index (κ3) is 5.37. The maximum absolute atomic E-state index is 12.2. The second-order valence-electron chi connectivity index (χ2n) is 7.34. The van der Waals surface area contributed by atoms with Gasteiger partial charge in [-0.2, -0.15) is 4.98 Å². The smallest absolute Gasteiger partial charge is 0.319 e. The second kappa shape index (κ2) is 9.73. The summed E-state index contributed by atoms with van der Waals surface area (Å²) in [6.45, 7) is 2.05. The Bertz CT molecular complexity index is 978. The Labute approximate surface area is 180 Å². The average molecular weight is 426 g/mol. The molecule has 1 aliphatic rings. The van der Waals surface area contributed by atoms with Crippen LogP contribution in [0.2, 0.25) is 5.02 Å². The molecule has 0 saturated carbocycles. The highest BCUT2D eigenvalue weighted by Gasteiger charge is 2.25. The summed E-state index contributed by atoms with van der Waals surface area (Å²) in [5, 5.41) is 10.6. The first-order valence-electron chi connectivity index (χ1n) is 10.1. The number of carbonyl (C=O) groups is 1. The van der Waals surface area contributed by atoms with E-state index < -0.39 is 0 Å². The molecular formula is C22H24ClN5O2. The minimum atomic E-state index is -0.201. The molecule has 3 aromatic rings. The molecule has 1 saturated heterocycles. The summed E-state index contributed by atoms with van der Waals surface area (Å²) >= 11 is 6.05. The van der Waals surface area contributed by atoms with E-state index in [2.05, 4.69) is 25.7 Å². The first-order valence-corrected chi connectivity index (χ1v) is 10.5. The maximum Gasteiger partial charge on any atom is 0.319 e. The van der Waals surface area contributed by atoms with Crippen LogP contribution in [0.25, 0.3) is 11.4 Å². The standard InChI is InChI=1S/C22H24ClN5O2/c23-17-8-6-7-16(13-17)21-26-20(30-27-21)15-28-12-5-4-11-19(28)14-24-22(29)25-18-9-2-1-3-10-18/h1-3,6-10,13,19H,4-5,11-12,14-15H2,(H2,24,25,29)/t19-/m1/s1. The van der Waals surface area contributed by atoms with Gasteiger partial charge >= 0.3 is 6.03 Å². The molecule has 1 aliphatic heterocycles. The van der Waals surface area contributed by atoms with E-state index >= 15 is 0 Å². The van der Waals surface area contributed by atoms with Crippen molar-refractivity contribution in [1.82, 2.24) is 20.4 Å². The highest BCUT2D eigenvalue weighted by molar-refractivity contribution is 6.30. The number of para-hydroxylation sites is 1. The Kier molecular flexibility index (Phi) is 6.61. The van der Waals surface area contributed by atoms with Crippen LogP contribution in [0.3, 0.4) is 0 Å². The zero-order chi connectivity index (χ0) is 20.8. The number of anilines is 1. The van der Waals surface area contributed by atoms with Crippen LogP contribution >= 0.6 is 11.6 Å². The Hall–Kier alpha value is -2.90. The van der Waals surface area contributed by atoms with E-state index in [0.29, 0.717) is 29.8 Å². The number of urea groups is 1. The number of benzene rings is 2. The Morgan fingerprint density at radius 1 is 1.17 bits per heavy atom. The third-order valence-corrected chi connectivity index (χ3v) is 5.40. The third-order valence-electron chi connectivity index (χ3n) is 5.17. The molecule has 2 N–H and O–H groups in total. The molecule has 156 valence electrons. The number of piperidine rings is 1. The van der Waals surface area contributed by atoms with Gasteiger partial charge in [0.2, 0.25) is 11.7 Å². The van der Waals surface area contributed by atoms with E-state index in [-0.39, 0.29) is 12.1 Å². The lowest BCUT2D eigenvalue weighted by Crippen LogP contribution is -2.47. The van der Waals surface area contributed by atoms with Crippen LogP contribution in [-0.4, -0.2) is 40.2 Å². The van der Waals surface area contributed by atoms with Crippen LogP contribution in [0.4, 0.5) is 10.5 Å². The van der Waals surface area contributed by atoms with Crippen LogP contribution in [0.5, 0.6) is 0 Å². The molecule has 0 aliphatic carbocycles. The molecule has 8 heteroatoms. The molecule has 0 radical (unpaired) electrons. The SMILES string of the molecule is O=C(NC[C@H]1CCCCN1Cc1nc(-c2cccc(Cl)c2)no1)Nc1ccccc1. The zero-order valence-electron chi connectivity index (χ0n) is 16.6. The van der Waals surface area contributed by atoms with Gasteiger partial charge in [-0.15, -0.1) is 0 Å². The van der Waals surface area contributed by atoms with Gasteiger partial charge in [0.05, 0.1) is 6.54 Å². The normalized spacial score (nSPS) is 16.9. The maximum atomic E-state index is 12.2. The van der Waals surface area contributed by atoms with Gasteiger partial charge in [-0.05, 0) is 43.7 Å².